The maximum absolute atomic E-state index is 12.5. The summed E-state index contributed by atoms with van der Waals surface area (Å²) in [7, 11) is 0. The third-order valence-electron chi connectivity index (χ3n) is 3.87. The van der Waals surface area contributed by atoms with Crippen LogP contribution in [0.25, 0.3) is 0 Å². The number of carbonyl (C=O) groups excluding carboxylic acids is 1. The first-order valence-corrected chi connectivity index (χ1v) is 8.04. The number of ether oxygens (including phenoxy) is 3. The lowest BCUT2D eigenvalue weighted by Crippen LogP contribution is -2.42. The summed E-state index contributed by atoms with van der Waals surface area (Å²) in [4.78, 5) is 12.5. The summed E-state index contributed by atoms with van der Waals surface area (Å²) in [5.74, 6) is 3.24. The highest BCUT2D eigenvalue weighted by Crippen LogP contribution is 2.38. The molecule has 1 aromatic carbocycles. The molecule has 1 amide bonds. The highest BCUT2D eigenvalue weighted by atomic mass is 35.5. The Kier molecular flexibility index (Phi) is 4.94. The van der Waals surface area contributed by atoms with Crippen LogP contribution in [0.4, 0.5) is 0 Å². The normalized spacial score (nSPS) is 21.1. The molecule has 1 saturated heterocycles. The van der Waals surface area contributed by atoms with Gasteiger partial charge in [0.25, 0.3) is 5.91 Å². The van der Waals surface area contributed by atoms with Gasteiger partial charge < -0.3 is 19.5 Å². The van der Waals surface area contributed by atoms with Gasteiger partial charge in [-0.05, 0) is 25.0 Å². The van der Waals surface area contributed by atoms with Crippen LogP contribution in [-0.2, 0) is 4.74 Å². The summed E-state index contributed by atoms with van der Waals surface area (Å²) in [6, 6.07) is 2.73. The van der Waals surface area contributed by atoms with E-state index in [1.54, 1.807) is 12.1 Å². The van der Waals surface area contributed by atoms with Crippen molar-refractivity contribution >= 4 is 17.5 Å². The summed E-state index contributed by atoms with van der Waals surface area (Å²) in [6.45, 7) is 1.74. The quantitative estimate of drug-likeness (QED) is 0.862. The Morgan fingerprint density at radius 3 is 2.87 bits per heavy atom. The minimum absolute atomic E-state index is 0.139. The Morgan fingerprint density at radius 1 is 1.30 bits per heavy atom. The maximum atomic E-state index is 12.5. The van der Waals surface area contributed by atoms with Crippen LogP contribution in [0.3, 0.4) is 0 Å². The molecule has 1 aromatic rings. The van der Waals surface area contributed by atoms with Gasteiger partial charge >= 0.3 is 0 Å². The van der Waals surface area contributed by atoms with Crippen LogP contribution in [0.2, 0.25) is 5.02 Å². The van der Waals surface area contributed by atoms with Crippen molar-refractivity contribution in [3.05, 3.63) is 22.7 Å². The lowest BCUT2D eigenvalue weighted by molar-refractivity contribution is 0.0776. The lowest BCUT2D eigenvalue weighted by Gasteiger charge is -2.19. The molecule has 0 spiro atoms. The van der Waals surface area contributed by atoms with Crippen molar-refractivity contribution in [2.45, 2.75) is 31.4 Å². The number of fused-ring (bicyclic) bond motifs is 1. The molecule has 23 heavy (non-hydrogen) atoms. The summed E-state index contributed by atoms with van der Waals surface area (Å²) in [6.07, 6.45) is 7.95. The molecular formula is C17H18ClNO4. The first-order chi connectivity index (χ1) is 11.2. The monoisotopic (exact) mass is 335 g/mol. The van der Waals surface area contributed by atoms with Gasteiger partial charge in [0.15, 0.2) is 11.5 Å². The van der Waals surface area contributed by atoms with E-state index in [1.165, 1.54) is 0 Å². The Bertz CT molecular complexity index is 634. The van der Waals surface area contributed by atoms with Gasteiger partial charge in [0.1, 0.15) is 6.04 Å². The van der Waals surface area contributed by atoms with Crippen LogP contribution < -0.4 is 14.8 Å². The number of hydrogen-bond acceptors (Lipinski definition) is 4. The molecule has 0 bridgehead atoms. The van der Waals surface area contributed by atoms with E-state index < -0.39 is 6.04 Å². The highest BCUT2D eigenvalue weighted by Gasteiger charge is 2.27. The number of halogens is 1. The van der Waals surface area contributed by atoms with Crippen molar-refractivity contribution < 1.29 is 19.0 Å². The average molecular weight is 336 g/mol. The van der Waals surface area contributed by atoms with Gasteiger partial charge in [-0.1, -0.05) is 17.5 Å². The summed E-state index contributed by atoms with van der Waals surface area (Å²) >= 11 is 6.21. The van der Waals surface area contributed by atoms with Crippen molar-refractivity contribution in [2.24, 2.45) is 0 Å². The zero-order chi connectivity index (χ0) is 16.2. The van der Waals surface area contributed by atoms with Crippen LogP contribution in [0.15, 0.2) is 12.1 Å². The molecule has 0 saturated carbocycles. The standard InChI is InChI=1S/C17H18ClNO4/c1-2-13(14-5-3-6-21-14)19-17(20)11-9-12(18)16-15(10-11)22-7-4-8-23-16/h1,9-10,13-14H,3-8H2,(H,19,20)/t13-,14-/m0/s1. The third kappa shape index (κ3) is 3.54. The van der Waals surface area contributed by atoms with E-state index >= 15 is 0 Å². The predicted octanol–water partition coefficient (Wildman–Crippen LogP) is 2.41. The Labute approximate surface area is 140 Å². The molecule has 1 N–H and O–H groups in total. The molecule has 3 rings (SSSR count). The summed E-state index contributed by atoms with van der Waals surface area (Å²) in [5.41, 5.74) is 0.387. The fraction of sp³-hybridized carbons (Fsp3) is 0.471. The second kappa shape index (κ2) is 7.12. The minimum atomic E-state index is -0.459. The number of terminal acetylenes is 1. The van der Waals surface area contributed by atoms with E-state index in [9.17, 15) is 4.79 Å². The van der Waals surface area contributed by atoms with E-state index in [1.807, 2.05) is 0 Å². The molecule has 0 radical (unpaired) electrons. The molecular weight excluding hydrogens is 318 g/mol. The van der Waals surface area contributed by atoms with Gasteiger partial charge in [-0.2, -0.15) is 0 Å². The molecule has 0 unspecified atom stereocenters. The van der Waals surface area contributed by atoms with Crippen molar-refractivity contribution in [2.75, 3.05) is 19.8 Å². The molecule has 2 atom stereocenters. The Balaban J connectivity index is 1.78. The number of carbonyl (C=O) groups is 1. The molecule has 6 heteroatoms. The van der Waals surface area contributed by atoms with Crippen LogP contribution in [0, 0.1) is 12.3 Å². The van der Waals surface area contributed by atoms with Gasteiger partial charge in [-0.3, -0.25) is 4.79 Å². The van der Waals surface area contributed by atoms with Gasteiger partial charge in [-0.25, -0.2) is 0 Å². The van der Waals surface area contributed by atoms with Crippen molar-refractivity contribution in [3.63, 3.8) is 0 Å². The van der Waals surface area contributed by atoms with Crippen molar-refractivity contribution in [1.29, 1.82) is 0 Å². The van der Waals surface area contributed by atoms with E-state index in [2.05, 4.69) is 11.2 Å². The molecule has 2 aliphatic heterocycles. The van der Waals surface area contributed by atoms with Crippen molar-refractivity contribution in [1.82, 2.24) is 5.32 Å². The molecule has 0 aliphatic carbocycles. The first-order valence-electron chi connectivity index (χ1n) is 7.67. The zero-order valence-corrected chi connectivity index (χ0v) is 13.4. The number of benzene rings is 1. The SMILES string of the molecule is C#C[C@H](NC(=O)c1cc(Cl)c2c(c1)OCCCO2)[C@@H]1CCCO1. The van der Waals surface area contributed by atoms with E-state index in [0.29, 0.717) is 41.9 Å². The topological polar surface area (TPSA) is 56.8 Å². The smallest absolute Gasteiger partial charge is 0.252 e. The van der Waals surface area contributed by atoms with E-state index in [-0.39, 0.29) is 12.0 Å². The van der Waals surface area contributed by atoms with E-state index in [0.717, 1.165) is 19.3 Å². The minimum Gasteiger partial charge on any atom is -0.489 e. The van der Waals surface area contributed by atoms with Gasteiger partial charge in [0.2, 0.25) is 0 Å². The molecule has 2 aliphatic rings. The van der Waals surface area contributed by atoms with Crippen LogP contribution in [-0.4, -0.2) is 37.9 Å². The van der Waals surface area contributed by atoms with Crippen LogP contribution in [0.1, 0.15) is 29.6 Å². The number of rotatable bonds is 3. The van der Waals surface area contributed by atoms with Gasteiger partial charge in [0.05, 0.1) is 24.3 Å². The first kappa shape index (κ1) is 16.0. The molecule has 122 valence electrons. The van der Waals surface area contributed by atoms with Crippen molar-refractivity contribution in [3.8, 4) is 23.8 Å². The lowest BCUT2D eigenvalue weighted by atomic mass is 10.1. The number of hydrogen-bond donors (Lipinski definition) is 1. The fourth-order valence-corrected chi connectivity index (χ4v) is 2.96. The zero-order valence-electron chi connectivity index (χ0n) is 12.6. The molecule has 1 fully saturated rings. The second-order valence-corrected chi connectivity index (χ2v) is 5.91. The van der Waals surface area contributed by atoms with Crippen LogP contribution >= 0.6 is 11.6 Å². The Morgan fingerprint density at radius 2 is 2.13 bits per heavy atom. The maximum Gasteiger partial charge on any atom is 0.252 e. The molecule has 2 heterocycles. The number of amides is 1. The van der Waals surface area contributed by atoms with Gasteiger partial charge in [0, 0.05) is 18.6 Å². The third-order valence-corrected chi connectivity index (χ3v) is 4.15. The van der Waals surface area contributed by atoms with Crippen LogP contribution in [0.5, 0.6) is 11.5 Å². The Hall–Kier alpha value is -1.90. The largest absolute Gasteiger partial charge is 0.489 e. The fourth-order valence-electron chi connectivity index (χ4n) is 2.69. The average Bonchev–Trinajstić information content (AvgIpc) is 2.97. The van der Waals surface area contributed by atoms with Gasteiger partial charge in [-0.15, -0.1) is 6.42 Å². The second-order valence-electron chi connectivity index (χ2n) is 5.51. The summed E-state index contributed by atoms with van der Waals surface area (Å²) < 4.78 is 16.7. The molecule has 0 aromatic heterocycles. The number of nitrogens with one attached hydrogen (secondary N) is 1. The molecule has 5 nitrogen and oxygen atoms in total. The highest BCUT2D eigenvalue weighted by molar-refractivity contribution is 6.32. The van der Waals surface area contributed by atoms with E-state index in [4.69, 9.17) is 32.2 Å². The summed E-state index contributed by atoms with van der Waals surface area (Å²) in [5, 5.41) is 3.17. The predicted molar refractivity (Wildman–Crippen MR) is 86.1 cm³/mol.